The molecular formula is C26H30N4O2. The Balaban J connectivity index is 1.67. The summed E-state index contributed by atoms with van der Waals surface area (Å²) in [6.45, 7) is 5.46. The van der Waals surface area contributed by atoms with Crippen molar-refractivity contribution in [1.82, 2.24) is 4.98 Å². The lowest BCUT2D eigenvalue weighted by Gasteiger charge is -2.35. The molecule has 2 aliphatic heterocycles. The van der Waals surface area contributed by atoms with Gasteiger partial charge >= 0.3 is 0 Å². The lowest BCUT2D eigenvalue weighted by molar-refractivity contribution is 0.323. The third-order valence-electron chi connectivity index (χ3n) is 6.34. The van der Waals surface area contributed by atoms with Crippen LogP contribution in [0.25, 0.3) is 22.3 Å². The van der Waals surface area contributed by atoms with Crippen LogP contribution in [0.1, 0.15) is 18.4 Å². The molecule has 0 aliphatic carbocycles. The quantitative estimate of drug-likeness (QED) is 0.637. The smallest absolute Gasteiger partial charge is 0.142 e. The number of ether oxygens (including phenoxy) is 2. The van der Waals surface area contributed by atoms with Crippen LogP contribution in [-0.4, -0.2) is 44.4 Å². The van der Waals surface area contributed by atoms with Crippen molar-refractivity contribution in [3.63, 3.8) is 0 Å². The Kier molecular flexibility index (Phi) is 5.62. The first kappa shape index (κ1) is 20.6. The first-order valence-corrected chi connectivity index (χ1v) is 11.3. The summed E-state index contributed by atoms with van der Waals surface area (Å²) in [5.74, 6) is 1.75. The number of nitrogens with zero attached hydrogens (tertiary/aromatic N) is 2. The standard InChI is InChI=1S/C26H30N4O2/c1-17-11-19(13-21(12-17)31-2)23-16-28-15-22(26(23)30-8-5-20(27)6-9-30)18-3-4-25-24(14-18)29-7-10-32-25/h3-4,11-16,20,29H,5-10,27H2,1-2H3. The van der Waals surface area contributed by atoms with Gasteiger partial charge < -0.3 is 25.4 Å². The summed E-state index contributed by atoms with van der Waals surface area (Å²) in [7, 11) is 1.71. The van der Waals surface area contributed by atoms with Crippen LogP contribution in [0.15, 0.2) is 48.8 Å². The molecule has 3 aromatic rings. The summed E-state index contributed by atoms with van der Waals surface area (Å²) in [5.41, 5.74) is 14.1. The number of benzene rings is 2. The third kappa shape index (κ3) is 3.98. The van der Waals surface area contributed by atoms with Gasteiger partial charge in [-0.15, -0.1) is 0 Å². The zero-order chi connectivity index (χ0) is 22.1. The number of piperidine rings is 1. The number of rotatable bonds is 4. The van der Waals surface area contributed by atoms with Gasteiger partial charge in [-0.25, -0.2) is 0 Å². The fraction of sp³-hybridized carbons (Fsp3) is 0.346. The molecule has 0 spiro atoms. The summed E-state index contributed by atoms with van der Waals surface area (Å²) in [6.07, 6.45) is 5.92. The molecule has 0 bridgehead atoms. The molecule has 0 radical (unpaired) electrons. The number of anilines is 2. The van der Waals surface area contributed by atoms with Crippen LogP contribution in [-0.2, 0) is 0 Å². The monoisotopic (exact) mass is 430 g/mol. The Labute approximate surface area is 189 Å². The molecule has 1 fully saturated rings. The highest BCUT2D eigenvalue weighted by Crippen LogP contribution is 2.42. The molecule has 6 nitrogen and oxygen atoms in total. The molecule has 3 N–H and O–H groups in total. The van der Waals surface area contributed by atoms with E-state index in [1.54, 1.807) is 7.11 Å². The van der Waals surface area contributed by atoms with Crippen molar-refractivity contribution < 1.29 is 9.47 Å². The fourth-order valence-electron chi connectivity index (χ4n) is 4.67. The predicted octanol–water partition coefficient (Wildman–Crippen LogP) is 4.46. The first-order chi connectivity index (χ1) is 15.6. The maximum atomic E-state index is 6.23. The Morgan fingerprint density at radius 2 is 1.84 bits per heavy atom. The number of nitrogens with two attached hydrogens (primary N) is 1. The number of hydrogen-bond donors (Lipinski definition) is 2. The minimum atomic E-state index is 0.268. The largest absolute Gasteiger partial charge is 0.497 e. The summed E-state index contributed by atoms with van der Waals surface area (Å²) in [6, 6.07) is 13.0. The minimum Gasteiger partial charge on any atom is -0.497 e. The second kappa shape index (κ2) is 8.71. The molecule has 1 saturated heterocycles. The van der Waals surface area contributed by atoms with Gasteiger partial charge in [-0.1, -0.05) is 12.1 Å². The topological polar surface area (TPSA) is 72.6 Å². The number of aromatic nitrogens is 1. The normalized spacial score (nSPS) is 16.2. The number of hydrogen-bond acceptors (Lipinski definition) is 6. The average Bonchev–Trinajstić information content (AvgIpc) is 2.83. The Bertz CT molecular complexity index is 1120. The van der Waals surface area contributed by atoms with Crippen LogP contribution < -0.4 is 25.4 Å². The first-order valence-electron chi connectivity index (χ1n) is 11.3. The van der Waals surface area contributed by atoms with E-state index in [0.717, 1.165) is 77.5 Å². The van der Waals surface area contributed by atoms with Gasteiger partial charge in [-0.2, -0.15) is 0 Å². The van der Waals surface area contributed by atoms with Crippen molar-refractivity contribution in [1.29, 1.82) is 0 Å². The van der Waals surface area contributed by atoms with Crippen molar-refractivity contribution >= 4 is 11.4 Å². The van der Waals surface area contributed by atoms with Crippen LogP contribution in [0.4, 0.5) is 11.4 Å². The Morgan fingerprint density at radius 3 is 2.62 bits per heavy atom. The average molecular weight is 431 g/mol. The highest BCUT2D eigenvalue weighted by Gasteiger charge is 2.24. The van der Waals surface area contributed by atoms with E-state index in [1.807, 2.05) is 12.4 Å². The molecule has 5 rings (SSSR count). The van der Waals surface area contributed by atoms with E-state index >= 15 is 0 Å². The van der Waals surface area contributed by atoms with Gasteiger partial charge in [0.1, 0.15) is 18.1 Å². The molecule has 1 aromatic heterocycles. The van der Waals surface area contributed by atoms with Crippen molar-refractivity contribution in [2.45, 2.75) is 25.8 Å². The van der Waals surface area contributed by atoms with Crippen LogP contribution >= 0.6 is 0 Å². The van der Waals surface area contributed by atoms with E-state index in [-0.39, 0.29) is 6.04 Å². The van der Waals surface area contributed by atoms with Crippen molar-refractivity contribution in [2.24, 2.45) is 5.73 Å². The van der Waals surface area contributed by atoms with Gasteiger partial charge in [0.2, 0.25) is 0 Å². The van der Waals surface area contributed by atoms with Crippen LogP contribution in [0.5, 0.6) is 11.5 Å². The summed E-state index contributed by atoms with van der Waals surface area (Å²) < 4.78 is 11.3. The zero-order valence-electron chi connectivity index (χ0n) is 18.7. The molecule has 3 heterocycles. The molecule has 32 heavy (non-hydrogen) atoms. The number of aryl methyl sites for hydroxylation is 1. The molecular weight excluding hydrogens is 400 g/mol. The lowest BCUT2D eigenvalue weighted by Crippen LogP contribution is -2.40. The molecule has 0 unspecified atom stereocenters. The summed E-state index contributed by atoms with van der Waals surface area (Å²) in [4.78, 5) is 7.13. The highest BCUT2D eigenvalue weighted by molar-refractivity contribution is 5.91. The molecule has 6 heteroatoms. The molecule has 0 saturated carbocycles. The molecule has 0 amide bonds. The number of methoxy groups -OCH3 is 1. The summed E-state index contributed by atoms with van der Waals surface area (Å²) >= 11 is 0. The van der Waals surface area contributed by atoms with Gasteiger partial charge in [0.05, 0.1) is 18.5 Å². The van der Waals surface area contributed by atoms with Crippen molar-refractivity contribution in [3.05, 3.63) is 54.4 Å². The van der Waals surface area contributed by atoms with E-state index in [0.29, 0.717) is 6.61 Å². The number of fused-ring (bicyclic) bond motifs is 1. The van der Waals surface area contributed by atoms with Gasteiger partial charge in [0, 0.05) is 49.2 Å². The van der Waals surface area contributed by atoms with Gasteiger partial charge in [0.15, 0.2) is 0 Å². The Morgan fingerprint density at radius 1 is 1.06 bits per heavy atom. The number of pyridine rings is 1. The van der Waals surface area contributed by atoms with E-state index in [9.17, 15) is 0 Å². The lowest BCUT2D eigenvalue weighted by atomic mass is 9.94. The fourth-order valence-corrected chi connectivity index (χ4v) is 4.67. The van der Waals surface area contributed by atoms with Crippen molar-refractivity contribution in [3.8, 4) is 33.8 Å². The van der Waals surface area contributed by atoms with E-state index < -0.39 is 0 Å². The second-order valence-electron chi connectivity index (χ2n) is 8.63. The maximum Gasteiger partial charge on any atom is 0.142 e. The molecule has 166 valence electrons. The second-order valence-corrected chi connectivity index (χ2v) is 8.63. The Hall–Kier alpha value is -3.25. The van der Waals surface area contributed by atoms with E-state index in [1.165, 1.54) is 5.69 Å². The zero-order valence-corrected chi connectivity index (χ0v) is 18.7. The van der Waals surface area contributed by atoms with Gasteiger partial charge in [-0.05, 0) is 60.7 Å². The molecule has 0 atom stereocenters. The van der Waals surface area contributed by atoms with E-state index in [4.69, 9.17) is 15.2 Å². The molecule has 2 aliphatic rings. The maximum absolute atomic E-state index is 6.23. The minimum absolute atomic E-state index is 0.268. The van der Waals surface area contributed by atoms with Crippen LogP contribution in [0.2, 0.25) is 0 Å². The molecule has 2 aromatic carbocycles. The van der Waals surface area contributed by atoms with Crippen molar-refractivity contribution in [2.75, 3.05) is 43.6 Å². The predicted molar refractivity (Wildman–Crippen MR) is 130 cm³/mol. The van der Waals surface area contributed by atoms with Crippen LogP contribution in [0.3, 0.4) is 0 Å². The van der Waals surface area contributed by atoms with Gasteiger partial charge in [0.25, 0.3) is 0 Å². The van der Waals surface area contributed by atoms with Gasteiger partial charge in [-0.3, -0.25) is 4.98 Å². The SMILES string of the molecule is COc1cc(C)cc(-c2cncc(-c3ccc4c(c3)NCCO4)c2N2CCC(N)CC2)c1. The van der Waals surface area contributed by atoms with Crippen LogP contribution in [0, 0.1) is 6.92 Å². The third-order valence-corrected chi connectivity index (χ3v) is 6.34. The number of nitrogens with one attached hydrogen (secondary N) is 1. The highest BCUT2D eigenvalue weighted by atomic mass is 16.5. The summed E-state index contributed by atoms with van der Waals surface area (Å²) in [5, 5.41) is 3.45. The van der Waals surface area contributed by atoms with E-state index in [2.05, 4.69) is 58.5 Å².